The number of nitrogens with zero attached hydrogens (tertiary/aromatic N) is 3. The first-order chi connectivity index (χ1) is 15.6. The van der Waals surface area contributed by atoms with Gasteiger partial charge in [0, 0.05) is 11.8 Å². The molecule has 0 heterocycles. The van der Waals surface area contributed by atoms with Crippen LogP contribution >= 0.6 is 0 Å². The van der Waals surface area contributed by atoms with Crippen molar-refractivity contribution in [3.05, 3.63) is 98.1 Å². The Kier molecular flexibility index (Phi) is 6.68. The molecule has 0 spiro atoms. The third-order valence-electron chi connectivity index (χ3n) is 4.62. The summed E-state index contributed by atoms with van der Waals surface area (Å²) in [5.41, 5.74) is 4.03. The molecule has 0 aliphatic carbocycles. The van der Waals surface area contributed by atoms with Gasteiger partial charge < -0.3 is 0 Å². The lowest BCUT2D eigenvalue weighted by Crippen LogP contribution is -2.13. The van der Waals surface area contributed by atoms with Gasteiger partial charge in [-0.2, -0.15) is 5.10 Å². The second-order valence-electron chi connectivity index (χ2n) is 7.02. The van der Waals surface area contributed by atoms with Crippen molar-refractivity contribution in [2.75, 3.05) is 10.1 Å². The number of nitro benzene ring substituents is 2. The normalized spacial score (nSPS) is 11.6. The zero-order valence-electron chi connectivity index (χ0n) is 17.6. The van der Waals surface area contributed by atoms with Crippen LogP contribution in [0.25, 0.3) is 0 Å². The molecule has 170 valence electrons. The molecule has 0 aliphatic rings. The fourth-order valence-corrected chi connectivity index (χ4v) is 3.86. The van der Waals surface area contributed by atoms with Gasteiger partial charge in [0.1, 0.15) is 5.69 Å². The van der Waals surface area contributed by atoms with Crippen LogP contribution in [0.3, 0.4) is 0 Å². The predicted octanol–water partition coefficient (Wildman–Crippen LogP) is 4.45. The van der Waals surface area contributed by atoms with Crippen molar-refractivity contribution in [1.82, 2.24) is 0 Å². The van der Waals surface area contributed by atoms with Crippen LogP contribution in [0.4, 0.5) is 22.7 Å². The summed E-state index contributed by atoms with van der Waals surface area (Å²) in [7, 11) is -3.74. The fraction of sp³-hybridized carbons (Fsp3) is 0.0952. The number of sulfonamides is 1. The van der Waals surface area contributed by atoms with Crippen LogP contribution in [0.2, 0.25) is 0 Å². The lowest BCUT2D eigenvalue weighted by molar-refractivity contribution is -0.393. The summed E-state index contributed by atoms with van der Waals surface area (Å²) in [5, 5.41) is 26.2. The van der Waals surface area contributed by atoms with E-state index in [0.717, 1.165) is 17.7 Å². The van der Waals surface area contributed by atoms with E-state index in [9.17, 15) is 28.6 Å². The summed E-state index contributed by atoms with van der Waals surface area (Å²) in [6.07, 6.45) is 0. The second kappa shape index (κ2) is 9.44. The number of benzene rings is 3. The molecule has 0 aromatic heterocycles. The number of hydrogen-bond donors (Lipinski definition) is 2. The van der Waals surface area contributed by atoms with Gasteiger partial charge in [-0.15, -0.1) is 0 Å². The highest BCUT2D eigenvalue weighted by atomic mass is 32.2. The maximum absolute atomic E-state index is 12.5. The average Bonchev–Trinajstić information content (AvgIpc) is 2.77. The molecule has 3 aromatic rings. The van der Waals surface area contributed by atoms with Crippen molar-refractivity contribution >= 4 is 38.5 Å². The second-order valence-corrected chi connectivity index (χ2v) is 8.70. The molecule has 0 aliphatic heterocycles. The van der Waals surface area contributed by atoms with Gasteiger partial charge in [-0.1, -0.05) is 29.8 Å². The minimum absolute atomic E-state index is 0.00701. The highest BCUT2D eigenvalue weighted by Crippen LogP contribution is 2.29. The van der Waals surface area contributed by atoms with E-state index >= 15 is 0 Å². The molecule has 0 unspecified atom stereocenters. The van der Waals surface area contributed by atoms with Crippen LogP contribution in [0.1, 0.15) is 18.1 Å². The van der Waals surface area contributed by atoms with Gasteiger partial charge >= 0.3 is 5.69 Å². The Balaban J connectivity index is 1.75. The molecule has 0 radical (unpaired) electrons. The number of hydrogen-bond acceptors (Lipinski definition) is 8. The van der Waals surface area contributed by atoms with Crippen molar-refractivity contribution in [3.63, 3.8) is 0 Å². The lowest BCUT2D eigenvalue weighted by atomic mass is 10.1. The SMILES string of the molecule is CC(=NNc1ccc([N+](=O)[O-])cc1[N+](=O)[O-])c1ccc(NS(=O)(=O)c2ccc(C)cc2)cc1. The Morgan fingerprint density at radius 3 is 2.12 bits per heavy atom. The van der Waals surface area contributed by atoms with Crippen LogP contribution in [0.5, 0.6) is 0 Å². The fourth-order valence-electron chi connectivity index (χ4n) is 2.80. The van der Waals surface area contributed by atoms with Crippen LogP contribution in [-0.4, -0.2) is 24.0 Å². The monoisotopic (exact) mass is 469 g/mol. The van der Waals surface area contributed by atoms with Crippen LogP contribution in [0, 0.1) is 27.2 Å². The van der Waals surface area contributed by atoms with E-state index < -0.39 is 31.2 Å². The van der Waals surface area contributed by atoms with Crippen molar-refractivity contribution < 1.29 is 18.3 Å². The molecule has 3 aromatic carbocycles. The molecule has 0 amide bonds. The number of nitro groups is 2. The molecule has 11 nitrogen and oxygen atoms in total. The largest absolute Gasteiger partial charge is 0.301 e. The highest BCUT2D eigenvalue weighted by Gasteiger charge is 2.19. The zero-order valence-corrected chi connectivity index (χ0v) is 18.4. The number of aryl methyl sites for hydroxylation is 1. The lowest BCUT2D eigenvalue weighted by Gasteiger charge is -2.09. The van der Waals surface area contributed by atoms with E-state index in [4.69, 9.17) is 0 Å². The molecule has 0 saturated carbocycles. The van der Waals surface area contributed by atoms with Crippen molar-refractivity contribution in [2.45, 2.75) is 18.7 Å². The van der Waals surface area contributed by atoms with Crippen molar-refractivity contribution in [2.24, 2.45) is 5.10 Å². The van der Waals surface area contributed by atoms with E-state index in [2.05, 4.69) is 15.2 Å². The maximum atomic E-state index is 12.5. The summed E-state index contributed by atoms with van der Waals surface area (Å²) in [6, 6.07) is 16.0. The van der Waals surface area contributed by atoms with Crippen molar-refractivity contribution in [1.29, 1.82) is 0 Å². The average molecular weight is 469 g/mol. The Labute approximate surface area is 189 Å². The minimum Gasteiger partial charge on any atom is -0.280 e. The Bertz CT molecular complexity index is 1340. The van der Waals surface area contributed by atoms with E-state index in [1.165, 1.54) is 18.2 Å². The first-order valence-electron chi connectivity index (χ1n) is 9.50. The predicted molar refractivity (Wildman–Crippen MR) is 124 cm³/mol. The summed E-state index contributed by atoms with van der Waals surface area (Å²) < 4.78 is 27.5. The number of nitrogens with one attached hydrogen (secondary N) is 2. The Hall–Kier alpha value is -4.32. The van der Waals surface area contributed by atoms with Gasteiger partial charge in [0.25, 0.3) is 15.7 Å². The number of hydrazone groups is 1. The van der Waals surface area contributed by atoms with Gasteiger partial charge in [0.05, 0.1) is 26.5 Å². The van der Waals surface area contributed by atoms with E-state index in [-0.39, 0.29) is 10.6 Å². The first-order valence-corrected chi connectivity index (χ1v) is 11.0. The van der Waals surface area contributed by atoms with Crippen LogP contribution in [0.15, 0.2) is 76.7 Å². The summed E-state index contributed by atoms with van der Waals surface area (Å²) >= 11 is 0. The quantitative estimate of drug-likeness (QED) is 0.280. The topological polar surface area (TPSA) is 157 Å². The van der Waals surface area contributed by atoms with Crippen molar-refractivity contribution in [3.8, 4) is 0 Å². The third kappa shape index (κ3) is 5.68. The molecule has 0 atom stereocenters. The summed E-state index contributed by atoms with van der Waals surface area (Å²) in [6.45, 7) is 3.51. The van der Waals surface area contributed by atoms with Crippen LogP contribution < -0.4 is 10.1 Å². The van der Waals surface area contributed by atoms with Gasteiger partial charge in [0.2, 0.25) is 0 Å². The minimum atomic E-state index is -3.74. The van der Waals surface area contributed by atoms with Crippen LogP contribution in [-0.2, 0) is 10.0 Å². The number of rotatable bonds is 8. The molecular formula is C21H19N5O6S. The molecule has 12 heteroatoms. The zero-order chi connectivity index (χ0) is 24.2. The van der Waals surface area contributed by atoms with Gasteiger partial charge in [-0.3, -0.25) is 30.4 Å². The molecule has 3 rings (SSSR count). The van der Waals surface area contributed by atoms with E-state index in [1.54, 1.807) is 43.3 Å². The molecule has 2 N–H and O–H groups in total. The third-order valence-corrected chi connectivity index (χ3v) is 6.02. The molecule has 0 saturated heterocycles. The van der Waals surface area contributed by atoms with E-state index in [1.807, 2.05) is 6.92 Å². The highest BCUT2D eigenvalue weighted by molar-refractivity contribution is 7.92. The standard InChI is InChI=1S/C21H19N5O6S/c1-14-3-10-19(11-4-14)33(31,32)24-17-7-5-16(6-8-17)15(2)22-23-20-12-9-18(25(27)28)13-21(20)26(29)30/h3-13,23-24H,1-2H3. The summed E-state index contributed by atoms with van der Waals surface area (Å²) in [4.78, 5) is 20.7. The Morgan fingerprint density at radius 1 is 0.909 bits per heavy atom. The number of non-ortho nitro benzene ring substituents is 1. The first kappa shape index (κ1) is 23.3. The van der Waals surface area contributed by atoms with E-state index in [0.29, 0.717) is 17.0 Å². The van der Waals surface area contributed by atoms with Gasteiger partial charge in [-0.05, 0) is 49.7 Å². The number of anilines is 2. The molecule has 0 fully saturated rings. The van der Waals surface area contributed by atoms with Gasteiger partial charge in [0.15, 0.2) is 0 Å². The molecule has 33 heavy (non-hydrogen) atoms. The molecule has 0 bridgehead atoms. The Morgan fingerprint density at radius 2 is 1.55 bits per heavy atom. The van der Waals surface area contributed by atoms with Gasteiger partial charge in [-0.25, -0.2) is 8.42 Å². The summed E-state index contributed by atoms with van der Waals surface area (Å²) in [5.74, 6) is 0. The maximum Gasteiger partial charge on any atom is 0.301 e. The molecular weight excluding hydrogens is 450 g/mol. The smallest absolute Gasteiger partial charge is 0.280 e.